The van der Waals surface area contributed by atoms with E-state index in [0.29, 0.717) is 24.7 Å². The zero-order chi connectivity index (χ0) is 31.8. The van der Waals surface area contributed by atoms with E-state index in [1.54, 1.807) is 31.2 Å². The van der Waals surface area contributed by atoms with Crippen molar-refractivity contribution >= 4 is 17.5 Å². The number of methoxy groups -OCH3 is 1. The minimum atomic E-state index is -0.0393. The molecular formula is C37H49N5O3. The molecule has 1 aromatic carbocycles. The van der Waals surface area contributed by atoms with Gasteiger partial charge in [-0.05, 0) is 118 Å². The van der Waals surface area contributed by atoms with Crippen LogP contribution < -0.4 is 9.64 Å². The van der Waals surface area contributed by atoms with Gasteiger partial charge in [0.15, 0.2) is 5.82 Å². The number of hydrogen-bond acceptors (Lipinski definition) is 6. The Kier molecular flexibility index (Phi) is 8.86. The molecule has 1 amide bonds. The van der Waals surface area contributed by atoms with E-state index in [2.05, 4.69) is 44.0 Å². The van der Waals surface area contributed by atoms with Crippen molar-refractivity contribution in [3.63, 3.8) is 0 Å². The van der Waals surface area contributed by atoms with Crippen molar-refractivity contribution in [1.82, 2.24) is 19.7 Å². The Morgan fingerprint density at radius 3 is 2.31 bits per heavy atom. The Hall–Kier alpha value is -3.55. The average molecular weight is 612 g/mol. The Morgan fingerprint density at radius 1 is 1.00 bits per heavy atom. The molecular weight excluding hydrogens is 562 g/mol. The molecule has 2 heterocycles. The normalized spacial score (nSPS) is 26.2. The van der Waals surface area contributed by atoms with E-state index in [-0.39, 0.29) is 34.4 Å². The highest BCUT2D eigenvalue weighted by Gasteiger charge is 2.51. The number of aromatic nitrogens is 4. The lowest BCUT2D eigenvalue weighted by Gasteiger charge is -2.55. The maximum atomic E-state index is 14.5. The number of rotatable bonds is 10. The van der Waals surface area contributed by atoms with Gasteiger partial charge < -0.3 is 9.53 Å². The number of Topliss-reactive ketones (excluding diaryl/α,β-unsaturated/α-hetero) is 1. The van der Waals surface area contributed by atoms with E-state index >= 15 is 0 Å². The molecule has 8 nitrogen and oxygen atoms in total. The Labute approximate surface area is 268 Å². The van der Waals surface area contributed by atoms with Gasteiger partial charge in [0, 0.05) is 37.1 Å². The quantitative estimate of drug-likeness (QED) is 0.236. The monoisotopic (exact) mass is 611 g/mol. The van der Waals surface area contributed by atoms with E-state index in [9.17, 15) is 9.59 Å². The third-order valence-electron chi connectivity index (χ3n) is 11.2. The van der Waals surface area contributed by atoms with E-state index in [4.69, 9.17) is 14.8 Å². The molecule has 4 fully saturated rings. The molecule has 2 aromatic heterocycles. The summed E-state index contributed by atoms with van der Waals surface area (Å²) in [5.41, 5.74) is 3.79. The van der Waals surface area contributed by atoms with Gasteiger partial charge in [-0.25, -0.2) is 14.6 Å². The van der Waals surface area contributed by atoms with Crippen LogP contribution in [0.3, 0.4) is 0 Å². The summed E-state index contributed by atoms with van der Waals surface area (Å²) < 4.78 is 7.33. The number of pyridine rings is 1. The molecule has 4 aliphatic carbocycles. The summed E-state index contributed by atoms with van der Waals surface area (Å²) in [7, 11) is 1.74. The number of amides is 1. The zero-order valence-corrected chi connectivity index (χ0v) is 27.7. The maximum Gasteiger partial charge on any atom is 0.231 e. The zero-order valence-electron chi connectivity index (χ0n) is 27.7. The minimum absolute atomic E-state index is 0.0393. The topological polar surface area (TPSA) is 90.2 Å². The lowest BCUT2D eigenvalue weighted by Crippen LogP contribution is -2.52. The Bertz CT molecular complexity index is 1510. The molecule has 0 aliphatic heterocycles. The lowest BCUT2D eigenvalue weighted by molar-refractivity contribution is -0.124. The summed E-state index contributed by atoms with van der Waals surface area (Å²) in [4.78, 5) is 37.5. The first-order valence-electron chi connectivity index (χ1n) is 16.9. The summed E-state index contributed by atoms with van der Waals surface area (Å²) in [6, 6.07) is 10.7. The molecule has 0 atom stereocenters. The van der Waals surface area contributed by atoms with Gasteiger partial charge in [-0.15, -0.1) is 0 Å². The minimum Gasteiger partial charge on any atom is -0.496 e. The average Bonchev–Trinajstić information content (AvgIpc) is 3.56. The van der Waals surface area contributed by atoms with Crippen molar-refractivity contribution in [3.05, 3.63) is 59.8 Å². The molecule has 0 saturated heterocycles. The summed E-state index contributed by atoms with van der Waals surface area (Å²) in [6.07, 6.45) is 14.4. The number of hydrogen-bond donors (Lipinski definition) is 0. The van der Waals surface area contributed by atoms with Gasteiger partial charge in [-0.1, -0.05) is 26.0 Å². The molecule has 4 saturated carbocycles. The van der Waals surface area contributed by atoms with Crippen LogP contribution in [0.4, 0.5) is 5.82 Å². The molecule has 7 rings (SSSR count). The molecule has 4 aliphatic rings. The SMILES string of the molecule is COc1ccc(C23CCC(CN(C(=O)C4CCC(CC(C)=O)CC4)c4cc(-n5cnc(C(C)C)n5)ccn4)(CC2)CC3)cc1C. The van der Waals surface area contributed by atoms with E-state index in [0.717, 1.165) is 81.5 Å². The Balaban J connectivity index is 1.25. The first-order valence-corrected chi connectivity index (χ1v) is 16.9. The largest absolute Gasteiger partial charge is 0.496 e. The van der Waals surface area contributed by atoms with E-state index < -0.39 is 0 Å². The van der Waals surface area contributed by atoms with Crippen LogP contribution in [0.25, 0.3) is 5.69 Å². The molecule has 3 aromatic rings. The van der Waals surface area contributed by atoms with Gasteiger partial charge >= 0.3 is 0 Å². The summed E-state index contributed by atoms with van der Waals surface area (Å²) >= 11 is 0. The fraction of sp³-hybridized carbons (Fsp3) is 0.595. The number of nitrogens with zero attached hydrogens (tertiary/aromatic N) is 5. The third-order valence-corrected chi connectivity index (χ3v) is 11.2. The highest BCUT2D eigenvalue weighted by molar-refractivity contribution is 5.94. The first-order chi connectivity index (χ1) is 21.6. The van der Waals surface area contributed by atoms with Gasteiger partial charge in [0.05, 0.1) is 12.8 Å². The lowest BCUT2D eigenvalue weighted by atomic mass is 9.51. The molecule has 0 radical (unpaired) electrons. The van der Waals surface area contributed by atoms with Crippen LogP contribution >= 0.6 is 0 Å². The summed E-state index contributed by atoms with van der Waals surface area (Å²) in [5.74, 6) is 3.46. The van der Waals surface area contributed by atoms with Crippen LogP contribution in [-0.4, -0.2) is 45.1 Å². The molecule has 45 heavy (non-hydrogen) atoms. The maximum absolute atomic E-state index is 14.5. The van der Waals surface area contributed by atoms with Gasteiger partial charge in [-0.2, -0.15) is 5.10 Å². The van der Waals surface area contributed by atoms with Gasteiger partial charge in [-0.3, -0.25) is 9.69 Å². The number of carbonyl (C=O) groups excluding carboxylic acids is 2. The third kappa shape index (κ3) is 6.43. The second kappa shape index (κ2) is 12.7. The molecule has 240 valence electrons. The highest BCUT2D eigenvalue weighted by atomic mass is 16.5. The van der Waals surface area contributed by atoms with Crippen LogP contribution in [0.5, 0.6) is 5.75 Å². The predicted molar refractivity (Wildman–Crippen MR) is 176 cm³/mol. The molecule has 0 N–H and O–H groups in total. The smallest absolute Gasteiger partial charge is 0.231 e. The van der Waals surface area contributed by atoms with Crippen molar-refractivity contribution in [3.8, 4) is 11.4 Å². The van der Waals surface area contributed by atoms with Crippen LogP contribution in [0.1, 0.15) is 114 Å². The number of aryl methyl sites for hydroxylation is 1. The summed E-state index contributed by atoms with van der Waals surface area (Å²) in [5, 5.41) is 4.69. The fourth-order valence-corrected chi connectivity index (χ4v) is 8.35. The van der Waals surface area contributed by atoms with Crippen molar-refractivity contribution in [2.45, 2.75) is 110 Å². The number of ketones is 1. The van der Waals surface area contributed by atoms with E-state index in [1.165, 1.54) is 11.1 Å². The van der Waals surface area contributed by atoms with Gasteiger partial charge in [0.25, 0.3) is 0 Å². The first kappa shape index (κ1) is 31.4. The van der Waals surface area contributed by atoms with Crippen LogP contribution in [0.15, 0.2) is 42.9 Å². The van der Waals surface area contributed by atoms with Gasteiger partial charge in [0.2, 0.25) is 5.91 Å². The second-order valence-electron chi connectivity index (χ2n) is 14.6. The molecule has 0 spiro atoms. The number of benzene rings is 1. The van der Waals surface area contributed by atoms with Crippen molar-refractivity contribution in [1.29, 1.82) is 0 Å². The number of fused-ring (bicyclic) bond motifs is 3. The number of ether oxygens (including phenoxy) is 1. The molecule has 2 bridgehead atoms. The second-order valence-corrected chi connectivity index (χ2v) is 14.6. The number of anilines is 1. The van der Waals surface area contributed by atoms with Crippen molar-refractivity contribution < 1.29 is 14.3 Å². The number of carbonyl (C=O) groups is 2. The molecule has 0 unspecified atom stereocenters. The van der Waals surface area contributed by atoms with Crippen LogP contribution in [0, 0.1) is 24.2 Å². The van der Waals surface area contributed by atoms with Crippen molar-refractivity contribution in [2.24, 2.45) is 17.3 Å². The van der Waals surface area contributed by atoms with Crippen molar-refractivity contribution in [2.75, 3.05) is 18.6 Å². The van der Waals surface area contributed by atoms with Crippen LogP contribution in [0.2, 0.25) is 0 Å². The molecule has 8 heteroatoms. The highest BCUT2D eigenvalue weighted by Crippen LogP contribution is 2.58. The van der Waals surface area contributed by atoms with Crippen LogP contribution in [-0.2, 0) is 15.0 Å². The van der Waals surface area contributed by atoms with E-state index in [1.807, 2.05) is 17.0 Å². The van der Waals surface area contributed by atoms with Gasteiger partial charge in [0.1, 0.15) is 23.7 Å². The standard InChI is InChI=1S/C37H49N5O3/c1-25(2)34-39-24-42(40-34)31-12-19-38-33(22-31)41(35(44)29-8-6-28(7-9-29)21-27(4)43)23-36-13-16-37(17-14-36,18-15-36)30-10-11-32(45-5)26(3)20-30/h10-12,19-20,22,24-25,28-29H,6-9,13-18,21,23H2,1-5H3. The fourth-order valence-electron chi connectivity index (χ4n) is 8.35. The predicted octanol–water partition coefficient (Wildman–Crippen LogP) is 7.51. The summed E-state index contributed by atoms with van der Waals surface area (Å²) in [6.45, 7) is 8.68. The Morgan fingerprint density at radius 2 is 1.71 bits per heavy atom.